The van der Waals surface area contributed by atoms with Crippen LogP contribution in [0.4, 0.5) is 11.4 Å². The van der Waals surface area contributed by atoms with E-state index in [9.17, 15) is 9.59 Å². The maximum atomic E-state index is 12.8. The first-order valence-electron chi connectivity index (χ1n) is 9.87. The second-order valence-electron chi connectivity index (χ2n) is 6.40. The summed E-state index contributed by atoms with van der Waals surface area (Å²) in [6.07, 6.45) is 0. The highest BCUT2D eigenvalue weighted by Gasteiger charge is 2.25. The second-order valence-corrected chi connectivity index (χ2v) is 6.78. The zero-order valence-corrected chi connectivity index (χ0v) is 19.4. The zero-order valence-electron chi connectivity index (χ0n) is 18.6. The number of halogens is 1. The third-order valence-corrected chi connectivity index (χ3v) is 4.57. The molecule has 2 aromatic rings. The molecule has 10 heteroatoms. The van der Waals surface area contributed by atoms with Crippen LogP contribution in [0.25, 0.3) is 0 Å². The zero-order chi connectivity index (χ0) is 23.7. The molecule has 0 heterocycles. The van der Waals surface area contributed by atoms with Crippen molar-refractivity contribution in [3.63, 3.8) is 0 Å². The molecule has 172 valence electrons. The maximum absolute atomic E-state index is 12.8. The number of methoxy groups -OCH3 is 2. The van der Waals surface area contributed by atoms with E-state index in [-0.39, 0.29) is 10.7 Å². The highest BCUT2D eigenvalue weighted by molar-refractivity contribution is 6.35. The lowest BCUT2D eigenvalue weighted by molar-refractivity contribution is -0.126. The first-order valence-corrected chi connectivity index (χ1v) is 10.3. The van der Waals surface area contributed by atoms with Crippen LogP contribution in [0.5, 0.6) is 23.0 Å². The average molecular weight is 464 g/mol. The number of azo groups is 1. The fourth-order valence-electron chi connectivity index (χ4n) is 2.67. The van der Waals surface area contributed by atoms with Crippen LogP contribution in [0.1, 0.15) is 20.8 Å². The molecule has 0 saturated carbocycles. The number of nitrogens with one attached hydrogen (secondary N) is 1. The molecule has 0 fully saturated rings. The van der Waals surface area contributed by atoms with E-state index in [1.807, 2.05) is 13.8 Å². The Bertz CT molecular complexity index is 996. The summed E-state index contributed by atoms with van der Waals surface area (Å²) in [5.74, 6) is 0.544. The molecule has 9 nitrogen and oxygen atoms in total. The Hall–Kier alpha value is -3.33. The van der Waals surface area contributed by atoms with Crippen LogP contribution in [0.3, 0.4) is 0 Å². The van der Waals surface area contributed by atoms with Crippen LogP contribution < -0.4 is 24.3 Å². The summed E-state index contributed by atoms with van der Waals surface area (Å²) in [6, 6.07) is 6.69. The number of hydrogen-bond donors (Lipinski definition) is 1. The Balaban J connectivity index is 2.31. The molecule has 0 aliphatic rings. The first kappa shape index (κ1) is 24.9. The summed E-state index contributed by atoms with van der Waals surface area (Å²) in [5.41, 5.74) is 0.570. The molecule has 0 saturated heterocycles. The van der Waals surface area contributed by atoms with Gasteiger partial charge in [-0.2, -0.15) is 10.2 Å². The minimum absolute atomic E-state index is 0.158. The summed E-state index contributed by atoms with van der Waals surface area (Å²) in [5, 5.41) is 10.8. The lowest BCUT2D eigenvalue weighted by Gasteiger charge is -2.14. The van der Waals surface area contributed by atoms with Crippen LogP contribution in [0.2, 0.25) is 5.02 Å². The van der Waals surface area contributed by atoms with Crippen molar-refractivity contribution in [1.82, 2.24) is 0 Å². The van der Waals surface area contributed by atoms with E-state index in [0.29, 0.717) is 41.9 Å². The number of rotatable bonds is 11. The normalized spacial score (nSPS) is 11.7. The van der Waals surface area contributed by atoms with Crippen LogP contribution in [0.15, 0.2) is 40.6 Å². The molecule has 0 aliphatic carbocycles. The van der Waals surface area contributed by atoms with Crippen LogP contribution in [-0.2, 0) is 9.59 Å². The van der Waals surface area contributed by atoms with E-state index < -0.39 is 17.7 Å². The Kier molecular flexibility index (Phi) is 9.27. The molecule has 0 bridgehead atoms. The Morgan fingerprint density at radius 2 is 1.69 bits per heavy atom. The van der Waals surface area contributed by atoms with E-state index in [2.05, 4.69) is 15.5 Å². The van der Waals surface area contributed by atoms with Crippen molar-refractivity contribution in [1.29, 1.82) is 0 Å². The fourth-order valence-corrected chi connectivity index (χ4v) is 2.91. The number of amides is 1. The van der Waals surface area contributed by atoms with Crippen molar-refractivity contribution in [2.45, 2.75) is 26.8 Å². The van der Waals surface area contributed by atoms with Gasteiger partial charge in [-0.05, 0) is 32.9 Å². The number of carbonyl (C=O) groups is 2. The number of benzene rings is 2. The van der Waals surface area contributed by atoms with E-state index in [1.54, 1.807) is 24.3 Å². The molecule has 1 atom stereocenters. The number of anilines is 1. The molecule has 1 unspecified atom stereocenters. The van der Waals surface area contributed by atoms with Gasteiger partial charge < -0.3 is 24.3 Å². The molecule has 2 rings (SSSR count). The summed E-state index contributed by atoms with van der Waals surface area (Å²) < 4.78 is 21.4. The fraction of sp³-hybridized carbons (Fsp3) is 0.364. The highest BCUT2D eigenvalue weighted by atomic mass is 35.5. The lowest BCUT2D eigenvalue weighted by Crippen LogP contribution is -2.32. The van der Waals surface area contributed by atoms with Crippen LogP contribution in [0, 0.1) is 0 Å². The smallest absolute Gasteiger partial charge is 0.258 e. The molecular formula is C22H26ClN3O6. The van der Waals surface area contributed by atoms with Gasteiger partial charge in [-0.3, -0.25) is 9.59 Å². The molecule has 1 N–H and O–H groups in total. The van der Waals surface area contributed by atoms with Crippen LogP contribution in [-0.4, -0.2) is 45.2 Å². The van der Waals surface area contributed by atoms with E-state index in [4.69, 9.17) is 30.5 Å². The van der Waals surface area contributed by atoms with Gasteiger partial charge in [0.2, 0.25) is 6.04 Å². The maximum Gasteiger partial charge on any atom is 0.258 e. The molecule has 2 aromatic carbocycles. The Labute approximate surface area is 191 Å². The molecule has 1 amide bonds. The van der Waals surface area contributed by atoms with Gasteiger partial charge in [-0.15, -0.1) is 0 Å². The number of ether oxygens (including phenoxy) is 4. The number of nitrogens with zero attached hydrogens (tertiary/aromatic N) is 2. The standard InChI is InChI=1S/C22H26ClN3O6/c1-6-31-14-8-9-16(18(11-14)32-7-2)25-26-21(13(3)27)22(28)24-17-10-15(29-4)12-19(30-5)20(17)23/h8-12,21H,6-7H2,1-5H3,(H,24,28). The Morgan fingerprint density at radius 3 is 2.28 bits per heavy atom. The van der Waals surface area contributed by atoms with Gasteiger partial charge in [-0.25, -0.2) is 0 Å². The number of Topliss-reactive ketones (excluding diaryl/α,β-unsaturated/α-hetero) is 1. The van der Waals surface area contributed by atoms with Gasteiger partial charge in [0, 0.05) is 18.2 Å². The molecule has 0 aliphatic heterocycles. The predicted octanol–water partition coefficient (Wildman–Crippen LogP) is 4.83. The van der Waals surface area contributed by atoms with Gasteiger partial charge in [0.05, 0.1) is 33.1 Å². The van der Waals surface area contributed by atoms with E-state index in [0.717, 1.165) is 0 Å². The average Bonchev–Trinajstić information content (AvgIpc) is 2.76. The summed E-state index contributed by atoms with van der Waals surface area (Å²) in [6.45, 7) is 5.83. The number of carbonyl (C=O) groups excluding carboxylic acids is 2. The summed E-state index contributed by atoms with van der Waals surface area (Å²) in [7, 11) is 2.90. The quantitative estimate of drug-likeness (QED) is 0.377. The SMILES string of the molecule is CCOc1ccc(N=NC(C(C)=O)C(=O)Nc2cc(OC)cc(OC)c2Cl)c(OCC)c1. The monoisotopic (exact) mass is 463 g/mol. The van der Waals surface area contributed by atoms with Crippen molar-refractivity contribution in [3.05, 3.63) is 35.4 Å². The topological polar surface area (TPSA) is 108 Å². The van der Waals surface area contributed by atoms with E-state index >= 15 is 0 Å². The second kappa shape index (κ2) is 11.9. The minimum Gasteiger partial charge on any atom is -0.497 e. The van der Waals surface area contributed by atoms with Crippen LogP contribution >= 0.6 is 11.6 Å². The molecule has 32 heavy (non-hydrogen) atoms. The largest absolute Gasteiger partial charge is 0.497 e. The molecule has 0 spiro atoms. The van der Waals surface area contributed by atoms with Gasteiger partial charge >= 0.3 is 0 Å². The van der Waals surface area contributed by atoms with Crippen molar-refractivity contribution in [2.75, 3.05) is 32.8 Å². The van der Waals surface area contributed by atoms with Gasteiger partial charge in [-0.1, -0.05) is 11.6 Å². The highest BCUT2D eigenvalue weighted by Crippen LogP contribution is 2.37. The summed E-state index contributed by atoms with van der Waals surface area (Å²) >= 11 is 6.27. The Morgan fingerprint density at radius 1 is 1.00 bits per heavy atom. The number of hydrogen-bond acceptors (Lipinski definition) is 8. The third kappa shape index (κ3) is 6.34. The van der Waals surface area contributed by atoms with E-state index in [1.165, 1.54) is 27.2 Å². The van der Waals surface area contributed by atoms with Crippen molar-refractivity contribution >= 4 is 34.7 Å². The number of ketones is 1. The van der Waals surface area contributed by atoms with Crippen molar-refractivity contribution in [3.8, 4) is 23.0 Å². The lowest BCUT2D eigenvalue weighted by atomic mass is 10.2. The summed E-state index contributed by atoms with van der Waals surface area (Å²) in [4.78, 5) is 24.9. The minimum atomic E-state index is -1.40. The van der Waals surface area contributed by atoms with Crippen molar-refractivity contribution in [2.24, 2.45) is 10.2 Å². The van der Waals surface area contributed by atoms with Crippen molar-refractivity contribution < 1.29 is 28.5 Å². The molecule has 0 radical (unpaired) electrons. The first-order chi connectivity index (χ1) is 15.3. The third-order valence-electron chi connectivity index (χ3n) is 4.18. The van der Waals surface area contributed by atoms with Gasteiger partial charge in [0.1, 0.15) is 33.7 Å². The predicted molar refractivity (Wildman–Crippen MR) is 121 cm³/mol. The van der Waals surface area contributed by atoms with Gasteiger partial charge in [0.25, 0.3) is 5.91 Å². The molecular weight excluding hydrogens is 438 g/mol. The van der Waals surface area contributed by atoms with Gasteiger partial charge in [0.15, 0.2) is 5.78 Å². The molecule has 0 aromatic heterocycles.